The second kappa shape index (κ2) is 5.60. The lowest BCUT2D eigenvalue weighted by molar-refractivity contribution is -0.137. The van der Waals surface area contributed by atoms with Crippen LogP contribution in [0.2, 0.25) is 0 Å². The molecule has 0 saturated carbocycles. The predicted octanol–water partition coefficient (Wildman–Crippen LogP) is 0.000600. The van der Waals surface area contributed by atoms with Gasteiger partial charge < -0.3 is 20.4 Å². The zero-order valence-electron chi connectivity index (χ0n) is 12.1. The molecule has 0 spiro atoms. The average molecular weight is 280 g/mol. The van der Waals surface area contributed by atoms with Crippen molar-refractivity contribution in [2.45, 2.75) is 38.3 Å². The molecule has 6 nitrogen and oxygen atoms in total. The third-order valence-corrected chi connectivity index (χ3v) is 4.82. The first-order valence-corrected chi connectivity index (χ1v) is 7.76. The van der Waals surface area contributed by atoms with Gasteiger partial charge in [-0.25, -0.2) is 4.79 Å². The van der Waals surface area contributed by atoms with Crippen molar-refractivity contribution in [2.75, 3.05) is 32.7 Å². The summed E-state index contributed by atoms with van der Waals surface area (Å²) < 4.78 is 0. The second-order valence-corrected chi connectivity index (χ2v) is 6.04. The quantitative estimate of drug-likeness (QED) is 0.748. The molecule has 3 fully saturated rings. The van der Waals surface area contributed by atoms with Gasteiger partial charge in [-0.05, 0) is 26.2 Å². The van der Waals surface area contributed by atoms with Crippen LogP contribution >= 0.6 is 0 Å². The molecule has 3 heterocycles. The molecule has 2 bridgehead atoms. The maximum atomic E-state index is 12.6. The molecular weight excluding hydrogens is 256 g/mol. The van der Waals surface area contributed by atoms with Crippen molar-refractivity contribution < 1.29 is 9.59 Å². The van der Waals surface area contributed by atoms with Gasteiger partial charge in [0.15, 0.2) is 0 Å². The molecule has 0 aliphatic carbocycles. The SMILES string of the molecule is CCNC(=O)N1CCN(C(=O)C2CC3CCC2N3)CC1. The minimum Gasteiger partial charge on any atom is -0.339 e. The second-order valence-electron chi connectivity index (χ2n) is 6.04. The first-order valence-electron chi connectivity index (χ1n) is 7.76. The van der Waals surface area contributed by atoms with Crippen molar-refractivity contribution >= 4 is 11.9 Å². The Morgan fingerprint density at radius 3 is 2.40 bits per heavy atom. The van der Waals surface area contributed by atoms with Crippen molar-refractivity contribution in [1.82, 2.24) is 20.4 Å². The van der Waals surface area contributed by atoms with Crippen LogP contribution in [0.4, 0.5) is 4.79 Å². The lowest BCUT2D eigenvalue weighted by atomic mass is 9.88. The zero-order valence-corrected chi connectivity index (χ0v) is 12.1. The smallest absolute Gasteiger partial charge is 0.317 e. The molecule has 3 unspecified atom stereocenters. The fraction of sp³-hybridized carbons (Fsp3) is 0.857. The number of carbonyl (C=O) groups is 2. The molecule has 3 amide bonds. The highest BCUT2D eigenvalue weighted by Crippen LogP contribution is 2.34. The van der Waals surface area contributed by atoms with E-state index in [2.05, 4.69) is 10.6 Å². The average Bonchev–Trinajstić information content (AvgIpc) is 3.09. The summed E-state index contributed by atoms with van der Waals surface area (Å²) >= 11 is 0. The normalized spacial score (nSPS) is 32.5. The van der Waals surface area contributed by atoms with Gasteiger partial charge in [-0.15, -0.1) is 0 Å². The molecule has 3 rings (SSSR count). The first kappa shape index (κ1) is 13.7. The molecule has 2 N–H and O–H groups in total. The van der Waals surface area contributed by atoms with Crippen molar-refractivity contribution in [1.29, 1.82) is 0 Å². The maximum absolute atomic E-state index is 12.6. The fourth-order valence-electron chi connectivity index (χ4n) is 3.72. The Hall–Kier alpha value is -1.30. The van der Waals surface area contributed by atoms with E-state index in [1.54, 1.807) is 4.90 Å². The summed E-state index contributed by atoms with van der Waals surface area (Å²) in [4.78, 5) is 28.0. The molecule has 20 heavy (non-hydrogen) atoms. The highest BCUT2D eigenvalue weighted by Gasteiger charge is 2.44. The number of piperazine rings is 1. The number of fused-ring (bicyclic) bond motifs is 2. The van der Waals surface area contributed by atoms with E-state index >= 15 is 0 Å². The molecule has 3 saturated heterocycles. The van der Waals surface area contributed by atoms with Crippen LogP contribution in [-0.2, 0) is 4.79 Å². The number of nitrogens with one attached hydrogen (secondary N) is 2. The first-order chi connectivity index (χ1) is 9.69. The molecule has 0 radical (unpaired) electrons. The van der Waals surface area contributed by atoms with Gasteiger partial charge in [0.25, 0.3) is 0 Å². The van der Waals surface area contributed by atoms with E-state index in [-0.39, 0.29) is 11.9 Å². The summed E-state index contributed by atoms with van der Waals surface area (Å²) in [6, 6.07) is 0.945. The summed E-state index contributed by atoms with van der Waals surface area (Å²) in [6.45, 7) is 5.19. The summed E-state index contributed by atoms with van der Waals surface area (Å²) in [7, 11) is 0. The van der Waals surface area contributed by atoms with Crippen molar-refractivity contribution in [2.24, 2.45) is 5.92 Å². The van der Waals surface area contributed by atoms with Gasteiger partial charge >= 0.3 is 6.03 Å². The van der Waals surface area contributed by atoms with Gasteiger partial charge in [0, 0.05) is 44.8 Å². The molecule has 0 aromatic heterocycles. The molecule has 0 aromatic rings. The number of carbonyl (C=O) groups excluding carboxylic acids is 2. The van der Waals surface area contributed by atoms with E-state index in [4.69, 9.17) is 0 Å². The number of nitrogens with zero attached hydrogens (tertiary/aromatic N) is 2. The molecule has 0 aromatic carbocycles. The van der Waals surface area contributed by atoms with Gasteiger partial charge in [-0.2, -0.15) is 0 Å². The predicted molar refractivity (Wildman–Crippen MR) is 75.3 cm³/mol. The van der Waals surface area contributed by atoms with Gasteiger partial charge in [0.05, 0.1) is 5.92 Å². The molecule has 6 heteroatoms. The number of hydrogen-bond acceptors (Lipinski definition) is 3. The van der Waals surface area contributed by atoms with Crippen LogP contribution in [-0.4, -0.2) is 66.5 Å². The lowest BCUT2D eigenvalue weighted by Crippen LogP contribution is -2.54. The molecule has 3 aliphatic heterocycles. The Morgan fingerprint density at radius 1 is 1.15 bits per heavy atom. The fourth-order valence-corrected chi connectivity index (χ4v) is 3.72. The summed E-state index contributed by atoms with van der Waals surface area (Å²) in [5, 5.41) is 6.33. The number of rotatable bonds is 2. The number of amides is 3. The Bertz CT molecular complexity index is 393. The van der Waals surface area contributed by atoms with Crippen LogP contribution in [0.5, 0.6) is 0 Å². The lowest BCUT2D eigenvalue weighted by Gasteiger charge is -2.36. The van der Waals surface area contributed by atoms with E-state index in [1.165, 1.54) is 6.42 Å². The van der Waals surface area contributed by atoms with E-state index in [0.29, 0.717) is 50.7 Å². The zero-order chi connectivity index (χ0) is 14.1. The highest BCUT2D eigenvalue weighted by molar-refractivity contribution is 5.81. The standard InChI is InChI=1S/C14H24N4O2/c1-2-15-14(20)18-7-5-17(6-8-18)13(19)11-9-10-3-4-12(11)16-10/h10-12,16H,2-9H2,1H3,(H,15,20). The van der Waals surface area contributed by atoms with Crippen LogP contribution in [0, 0.1) is 5.92 Å². The Balaban J connectivity index is 1.51. The molecule has 112 valence electrons. The van der Waals surface area contributed by atoms with Crippen molar-refractivity contribution in [3.63, 3.8) is 0 Å². The Kier molecular flexibility index (Phi) is 3.83. The minimum absolute atomic E-state index is 0.0128. The summed E-state index contributed by atoms with van der Waals surface area (Å²) in [6.07, 6.45) is 3.36. The van der Waals surface area contributed by atoms with E-state index in [9.17, 15) is 9.59 Å². The van der Waals surface area contributed by atoms with Crippen LogP contribution < -0.4 is 10.6 Å². The third-order valence-electron chi connectivity index (χ3n) is 4.82. The molecule has 3 atom stereocenters. The number of hydrogen-bond donors (Lipinski definition) is 2. The van der Waals surface area contributed by atoms with Crippen molar-refractivity contribution in [3.8, 4) is 0 Å². The van der Waals surface area contributed by atoms with Gasteiger partial charge in [0.2, 0.25) is 5.91 Å². The number of urea groups is 1. The molecular formula is C14H24N4O2. The van der Waals surface area contributed by atoms with E-state index in [1.807, 2.05) is 11.8 Å². The van der Waals surface area contributed by atoms with E-state index < -0.39 is 0 Å². The van der Waals surface area contributed by atoms with Gasteiger partial charge in [-0.1, -0.05) is 0 Å². The monoisotopic (exact) mass is 280 g/mol. The molecule has 3 aliphatic rings. The largest absolute Gasteiger partial charge is 0.339 e. The van der Waals surface area contributed by atoms with E-state index in [0.717, 1.165) is 12.8 Å². The van der Waals surface area contributed by atoms with Crippen LogP contribution in [0.15, 0.2) is 0 Å². The van der Waals surface area contributed by atoms with Crippen LogP contribution in [0.1, 0.15) is 26.2 Å². The topological polar surface area (TPSA) is 64.7 Å². The summed E-state index contributed by atoms with van der Waals surface area (Å²) in [5.74, 6) is 0.463. The highest BCUT2D eigenvalue weighted by atomic mass is 16.2. The van der Waals surface area contributed by atoms with Crippen LogP contribution in [0.25, 0.3) is 0 Å². The third kappa shape index (κ3) is 2.49. The Morgan fingerprint density at radius 2 is 1.85 bits per heavy atom. The van der Waals surface area contributed by atoms with Gasteiger partial charge in [0.1, 0.15) is 0 Å². The minimum atomic E-state index is -0.0128. The maximum Gasteiger partial charge on any atom is 0.317 e. The van der Waals surface area contributed by atoms with Crippen LogP contribution in [0.3, 0.4) is 0 Å². The van der Waals surface area contributed by atoms with Crippen molar-refractivity contribution in [3.05, 3.63) is 0 Å². The summed E-state index contributed by atoms with van der Waals surface area (Å²) in [5.41, 5.74) is 0. The Labute approximate surface area is 119 Å². The van der Waals surface area contributed by atoms with Gasteiger partial charge in [-0.3, -0.25) is 4.79 Å².